The molecule has 0 aromatic carbocycles. The molecule has 5 atom stereocenters. The highest BCUT2D eigenvalue weighted by Crippen LogP contribution is 2.40. The van der Waals surface area contributed by atoms with E-state index in [-0.39, 0.29) is 0 Å². The number of alkyl halides is 3. The molecule has 1 saturated heterocycles. The lowest BCUT2D eigenvalue weighted by molar-refractivity contribution is -0.159. The molecule has 5 unspecified atom stereocenters. The average molecular weight is 388 g/mol. The van der Waals surface area contributed by atoms with Crippen LogP contribution in [0.4, 0.5) is 13.2 Å². The zero-order valence-electron chi connectivity index (χ0n) is 12.8. The molecule has 25 heavy (non-hydrogen) atoms. The van der Waals surface area contributed by atoms with E-state index < -0.39 is 70.6 Å². The molecule has 8 nitrogen and oxygen atoms in total. The second-order valence-electron chi connectivity index (χ2n) is 5.49. The first-order chi connectivity index (χ1) is 11.5. The van der Waals surface area contributed by atoms with Crippen molar-refractivity contribution in [3.05, 3.63) is 12.2 Å². The third-order valence-corrected chi connectivity index (χ3v) is 4.91. The maximum atomic E-state index is 13.3. The van der Waals surface area contributed by atoms with Crippen molar-refractivity contribution in [1.82, 2.24) is 0 Å². The molecule has 142 valence electrons. The van der Waals surface area contributed by atoms with Gasteiger partial charge in [0.2, 0.25) is 0 Å². The van der Waals surface area contributed by atoms with Gasteiger partial charge in [-0.25, -0.2) is 4.39 Å². The molecule has 0 saturated carbocycles. The zero-order valence-corrected chi connectivity index (χ0v) is 13.6. The molecule has 2 rings (SSSR count). The zero-order chi connectivity index (χ0) is 19.0. The molecule has 2 bridgehead atoms. The normalized spacial score (nSPS) is 29.5. The molecule has 0 amide bonds. The van der Waals surface area contributed by atoms with Crippen molar-refractivity contribution in [2.75, 3.05) is 13.7 Å². The molecule has 0 aliphatic carbocycles. The van der Waals surface area contributed by atoms with Crippen LogP contribution in [0.25, 0.3) is 0 Å². The number of hydrogen-bond acceptors (Lipinski definition) is 7. The summed E-state index contributed by atoms with van der Waals surface area (Å²) in [6.07, 6.45) is -2.79. The summed E-state index contributed by atoms with van der Waals surface area (Å²) < 4.78 is 83.1. The highest BCUT2D eigenvalue weighted by molar-refractivity contribution is 7.86. The van der Waals surface area contributed by atoms with Gasteiger partial charge in [-0.1, -0.05) is 12.2 Å². The van der Waals surface area contributed by atoms with E-state index >= 15 is 0 Å². The van der Waals surface area contributed by atoms with Crippen LogP contribution in [0, 0.1) is 11.8 Å². The third-order valence-electron chi connectivity index (χ3n) is 3.97. The quantitative estimate of drug-likeness (QED) is 0.380. The molecular formula is C13H15F3O8S. The van der Waals surface area contributed by atoms with Crippen LogP contribution in [0.3, 0.4) is 0 Å². The topological polar surface area (TPSA) is 116 Å². The van der Waals surface area contributed by atoms with Gasteiger partial charge in [0.25, 0.3) is 0 Å². The van der Waals surface area contributed by atoms with Gasteiger partial charge in [-0.2, -0.15) is 17.2 Å². The van der Waals surface area contributed by atoms with Crippen molar-refractivity contribution >= 4 is 22.1 Å². The number of rotatable bonds is 7. The Bertz CT molecular complexity index is 677. The Labute approximate surface area is 140 Å². The van der Waals surface area contributed by atoms with Gasteiger partial charge < -0.3 is 14.2 Å². The molecule has 2 heterocycles. The number of esters is 2. The van der Waals surface area contributed by atoms with Gasteiger partial charge in [0.05, 0.1) is 25.9 Å². The fraction of sp³-hybridized carbons (Fsp3) is 0.692. The smallest absolute Gasteiger partial charge is 0.400 e. The van der Waals surface area contributed by atoms with Gasteiger partial charge in [0, 0.05) is 6.42 Å². The van der Waals surface area contributed by atoms with Gasteiger partial charge in [-0.15, -0.1) is 0 Å². The number of fused-ring (bicyclic) bond motifs is 2. The fourth-order valence-electron chi connectivity index (χ4n) is 2.69. The second kappa shape index (κ2) is 6.92. The first kappa shape index (κ1) is 19.7. The van der Waals surface area contributed by atoms with Crippen molar-refractivity contribution < 1.29 is 49.9 Å². The van der Waals surface area contributed by atoms with Crippen LogP contribution < -0.4 is 0 Å². The number of carbonyl (C=O) groups is 2. The number of hydrogen-bond donors (Lipinski definition) is 1. The van der Waals surface area contributed by atoms with E-state index in [1.807, 2.05) is 0 Å². The molecule has 0 aromatic rings. The van der Waals surface area contributed by atoms with Gasteiger partial charge in [0.15, 0.2) is 6.17 Å². The summed E-state index contributed by atoms with van der Waals surface area (Å²) in [5.41, 5.74) is 0. The Morgan fingerprint density at radius 3 is 2.24 bits per heavy atom. The minimum Gasteiger partial charge on any atom is -0.469 e. The van der Waals surface area contributed by atoms with Gasteiger partial charge >= 0.3 is 27.3 Å². The Morgan fingerprint density at radius 2 is 1.76 bits per heavy atom. The predicted octanol–water partition coefficient (Wildman–Crippen LogP) is 0.481. The summed E-state index contributed by atoms with van der Waals surface area (Å²) in [7, 11) is -4.82. The number of carbonyl (C=O) groups excluding carboxylic acids is 2. The van der Waals surface area contributed by atoms with E-state index in [1.54, 1.807) is 6.08 Å². The summed E-state index contributed by atoms with van der Waals surface area (Å²) >= 11 is 0. The van der Waals surface area contributed by atoms with E-state index in [4.69, 9.17) is 9.29 Å². The number of halogens is 3. The molecular weight excluding hydrogens is 373 g/mol. The van der Waals surface area contributed by atoms with Crippen molar-refractivity contribution in [2.24, 2.45) is 11.8 Å². The molecule has 2 aliphatic heterocycles. The number of methoxy groups -OCH3 is 1. The first-order valence-corrected chi connectivity index (χ1v) is 8.52. The molecule has 0 spiro atoms. The van der Waals surface area contributed by atoms with E-state index in [2.05, 4.69) is 9.47 Å². The lowest BCUT2D eigenvalue weighted by atomic mass is 9.83. The third kappa shape index (κ3) is 3.65. The first-order valence-electron chi connectivity index (χ1n) is 7.08. The minimum atomic E-state index is -5.94. The van der Waals surface area contributed by atoms with Crippen LogP contribution in [0.5, 0.6) is 0 Å². The van der Waals surface area contributed by atoms with Crippen LogP contribution >= 0.6 is 0 Å². The van der Waals surface area contributed by atoms with Crippen molar-refractivity contribution in [2.45, 2.75) is 30.1 Å². The highest BCUT2D eigenvalue weighted by atomic mass is 32.2. The molecule has 1 fully saturated rings. The Kier molecular flexibility index (Phi) is 5.44. The fourth-order valence-corrected chi connectivity index (χ4v) is 3.14. The lowest BCUT2D eigenvalue weighted by Crippen LogP contribution is -2.40. The highest BCUT2D eigenvalue weighted by Gasteiger charge is 2.55. The van der Waals surface area contributed by atoms with Gasteiger partial charge in [-0.05, 0) is 0 Å². The van der Waals surface area contributed by atoms with Crippen molar-refractivity contribution in [3.8, 4) is 0 Å². The summed E-state index contributed by atoms with van der Waals surface area (Å²) in [4.78, 5) is 23.8. The van der Waals surface area contributed by atoms with Crippen molar-refractivity contribution in [3.63, 3.8) is 0 Å². The van der Waals surface area contributed by atoms with Crippen LogP contribution in [0.15, 0.2) is 12.2 Å². The molecule has 0 radical (unpaired) electrons. The molecule has 12 heteroatoms. The monoisotopic (exact) mass is 388 g/mol. The number of ether oxygens (including phenoxy) is 3. The maximum Gasteiger partial charge on any atom is 0.400 e. The van der Waals surface area contributed by atoms with Crippen LogP contribution in [0.1, 0.15) is 6.42 Å². The lowest BCUT2D eigenvalue weighted by Gasteiger charge is -2.22. The predicted molar refractivity (Wildman–Crippen MR) is 73.8 cm³/mol. The van der Waals surface area contributed by atoms with Crippen LogP contribution in [-0.4, -0.2) is 62.3 Å². The maximum absolute atomic E-state index is 13.3. The van der Waals surface area contributed by atoms with E-state index in [9.17, 15) is 31.2 Å². The molecule has 1 N–H and O–H groups in total. The minimum absolute atomic E-state index is 0.687. The Balaban J connectivity index is 1.94. The summed E-state index contributed by atoms with van der Waals surface area (Å²) in [6, 6.07) is 0. The van der Waals surface area contributed by atoms with Gasteiger partial charge in [0.1, 0.15) is 11.8 Å². The Hall–Kier alpha value is -1.66. The molecule has 0 aromatic heterocycles. The largest absolute Gasteiger partial charge is 0.469 e. The summed E-state index contributed by atoms with van der Waals surface area (Å²) in [5, 5.41) is -5.02. The second-order valence-corrected chi connectivity index (χ2v) is 6.98. The van der Waals surface area contributed by atoms with Crippen molar-refractivity contribution in [1.29, 1.82) is 0 Å². The molecule has 2 aliphatic rings. The average Bonchev–Trinajstić information content (AvgIpc) is 3.13. The van der Waals surface area contributed by atoms with Gasteiger partial charge in [-0.3, -0.25) is 14.1 Å². The summed E-state index contributed by atoms with van der Waals surface area (Å²) in [5.74, 6) is -3.77. The van der Waals surface area contributed by atoms with Crippen LogP contribution in [-0.2, 0) is 33.9 Å². The SMILES string of the molecule is COC(=O)C1C2C=CC(O2)C1C(=O)OCCC(F)C(F)(F)S(=O)(=O)O. The standard InChI is InChI=1S/C13H15F3O8S/c1-22-11(17)9-6-2-3-7(24-6)10(9)12(18)23-5-4-8(14)13(15,16)25(19,20)21/h2-3,6-10H,4-5H2,1H3,(H,19,20,21). The van der Waals surface area contributed by atoms with E-state index in [0.29, 0.717) is 0 Å². The Morgan fingerprint density at radius 1 is 1.24 bits per heavy atom. The van der Waals surface area contributed by atoms with Crippen LogP contribution in [0.2, 0.25) is 0 Å². The van der Waals surface area contributed by atoms with E-state index in [1.165, 1.54) is 6.08 Å². The van der Waals surface area contributed by atoms with E-state index in [0.717, 1.165) is 7.11 Å². The summed E-state index contributed by atoms with van der Waals surface area (Å²) in [6.45, 7) is -0.878.